The average Bonchev–Trinajstić information content (AvgIpc) is 3.11. The number of thiazole rings is 1. The summed E-state index contributed by atoms with van der Waals surface area (Å²) in [5.74, 6) is 0. The van der Waals surface area contributed by atoms with Crippen LogP contribution in [-0.2, 0) is 17.7 Å². The molecule has 1 aliphatic rings. The second-order valence-electron chi connectivity index (χ2n) is 6.56. The van der Waals surface area contributed by atoms with Crippen LogP contribution in [0.15, 0.2) is 29.6 Å². The zero-order valence-electron chi connectivity index (χ0n) is 15.5. The number of nitrogens with one attached hydrogen (secondary N) is 1. The first-order valence-corrected chi connectivity index (χ1v) is 10.2. The molecule has 0 spiro atoms. The molecule has 3 rings (SSSR count). The largest absolute Gasteiger partial charge is 0.372 e. The maximum atomic E-state index is 5.67. The van der Waals surface area contributed by atoms with Crippen LogP contribution in [0.3, 0.4) is 0 Å². The Balaban J connectivity index is 1.70. The number of aromatic nitrogens is 1. The van der Waals surface area contributed by atoms with Gasteiger partial charge >= 0.3 is 0 Å². The molecule has 2 unspecified atom stereocenters. The van der Waals surface area contributed by atoms with E-state index in [0.717, 1.165) is 49.9 Å². The fraction of sp³-hybridized carbons (Fsp3) is 0.550. The molecule has 25 heavy (non-hydrogen) atoms. The molecule has 0 radical (unpaired) electrons. The van der Waals surface area contributed by atoms with E-state index in [4.69, 9.17) is 9.72 Å². The summed E-state index contributed by atoms with van der Waals surface area (Å²) in [4.78, 5) is 7.35. The Morgan fingerprint density at radius 1 is 1.32 bits per heavy atom. The Bertz CT molecular complexity index is 655. The fourth-order valence-electron chi connectivity index (χ4n) is 3.35. The van der Waals surface area contributed by atoms with Gasteiger partial charge in [-0.3, -0.25) is 4.90 Å². The summed E-state index contributed by atoms with van der Waals surface area (Å²) < 4.78 is 5.67. The van der Waals surface area contributed by atoms with E-state index in [1.165, 1.54) is 11.1 Å². The van der Waals surface area contributed by atoms with Crippen molar-refractivity contribution < 1.29 is 4.74 Å². The van der Waals surface area contributed by atoms with Crippen molar-refractivity contribution in [2.75, 3.05) is 26.2 Å². The molecule has 5 heteroatoms. The third-order valence-corrected chi connectivity index (χ3v) is 5.88. The summed E-state index contributed by atoms with van der Waals surface area (Å²) in [6.07, 6.45) is 1.18. The number of benzene rings is 1. The van der Waals surface area contributed by atoms with Crippen LogP contribution in [0, 0.1) is 0 Å². The van der Waals surface area contributed by atoms with Crippen molar-refractivity contribution in [1.29, 1.82) is 0 Å². The smallest absolute Gasteiger partial charge is 0.122 e. The number of piperazine rings is 1. The van der Waals surface area contributed by atoms with Crippen molar-refractivity contribution in [3.63, 3.8) is 0 Å². The number of nitrogens with zero attached hydrogens (tertiary/aromatic N) is 2. The molecule has 2 atom stereocenters. The van der Waals surface area contributed by atoms with E-state index >= 15 is 0 Å². The van der Waals surface area contributed by atoms with Crippen LogP contribution < -0.4 is 5.32 Å². The van der Waals surface area contributed by atoms with Gasteiger partial charge in [0.15, 0.2) is 0 Å². The zero-order valence-corrected chi connectivity index (χ0v) is 16.3. The maximum absolute atomic E-state index is 5.67. The van der Waals surface area contributed by atoms with Gasteiger partial charge < -0.3 is 10.1 Å². The summed E-state index contributed by atoms with van der Waals surface area (Å²) in [6, 6.07) is 9.49. The molecule has 0 saturated carbocycles. The van der Waals surface area contributed by atoms with E-state index < -0.39 is 0 Å². The van der Waals surface area contributed by atoms with Crippen molar-refractivity contribution in [3.05, 3.63) is 51.5 Å². The highest BCUT2D eigenvalue weighted by Crippen LogP contribution is 2.27. The normalized spacial score (nSPS) is 19.9. The van der Waals surface area contributed by atoms with E-state index in [9.17, 15) is 0 Å². The summed E-state index contributed by atoms with van der Waals surface area (Å²) >= 11 is 1.71. The molecule has 0 aliphatic carbocycles. The van der Waals surface area contributed by atoms with Crippen LogP contribution in [0.1, 0.15) is 54.7 Å². The maximum Gasteiger partial charge on any atom is 0.122 e. The number of hydrogen-bond donors (Lipinski definition) is 1. The lowest BCUT2D eigenvalue weighted by Gasteiger charge is -2.36. The standard InChI is InChI=1S/C20H29N3OS/c1-4-16-6-8-17(9-7-16)19-12-21-10-11-23(19)13-18-14-25-20(22-18)15(3)24-5-2/h6-9,14-15,19,21H,4-5,10-13H2,1-3H3. The Kier molecular flexibility index (Phi) is 6.59. The third-order valence-electron chi connectivity index (χ3n) is 4.83. The molecule has 1 N–H and O–H groups in total. The van der Waals surface area contributed by atoms with Gasteiger partial charge in [-0.1, -0.05) is 31.2 Å². The average molecular weight is 360 g/mol. The zero-order chi connectivity index (χ0) is 17.6. The lowest BCUT2D eigenvalue weighted by Crippen LogP contribution is -2.45. The van der Waals surface area contributed by atoms with Crippen LogP contribution in [0.2, 0.25) is 0 Å². The van der Waals surface area contributed by atoms with Crippen molar-refractivity contribution in [2.24, 2.45) is 0 Å². The van der Waals surface area contributed by atoms with E-state index in [2.05, 4.69) is 53.7 Å². The van der Waals surface area contributed by atoms with Crippen LogP contribution in [0.25, 0.3) is 0 Å². The van der Waals surface area contributed by atoms with Crippen molar-refractivity contribution >= 4 is 11.3 Å². The highest BCUT2D eigenvalue weighted by Gasteiger charge is 2.24. The van der Waals surface area contributed by atoms with Crippen LogP contribution in [-0.4, -0.2) is 36.1 Å². The molecule has 1 saturated heterocycles. The second-order valence-corrected chi connectivity index (χ2v) is 7.45. The summed E-state index contributed by atoms with van der Waals surface area (Å²) in [7, 11) is 0. The first kappa shape index (κ1) is 18.5. The third kappa shape index (κ3) is 4.67. The second kappa shape index (κ2) is 8.90. The quantitative estimate of drug-likeness (QED) is 0.812. The van der Waals surface area contributed by atoms with Crippen LogP contribution >= 0.6 is 11.3 Å². The van der Waals surface area contributed by atoms with E-state index in [-0.39, 0.29) is 6.10 Å². The molecule has 0 amide bonds. The lowest BCUT2D eigenvalue weighted by molar-refractivity contribution is 0.0758. The molecule has 1 aromatic carbocycles. The van der Waals surface area contributed by atoms with Gasteiger partial charge in [-0.25, -0.2) is 4.98 Å². The van der Waals surface area contributed by atoms with E-state index in [1.54, 1.807) is 11.3 Å². The van der Waals surface area contributed by atoms with Gasteiger partial charge in [0.2, 0.25) is 0 Å². The van der Waals surface area contributed by atoms with Gasteiger partial charge in [-0.15, -0.1) is 11.3 Å². The predicted octanol–water partition coefficient (Wildman–Crippen LogP) is 3.95. The first-order chi connectivity index (χ1) is 12.2. The number of ether oxygens (including phenoxy) is 1. The lowest BCUT2D eigenvalue weighted by atomic mass is 10.0. The summed E-state index contributed by atoms with van der Waals surface area (Å²) in [6.45, 7) is 11.0. The van der Waals surface area contributed by atoms with Gasteiger partial charge in [0.05, 0.1) is 5.69 Å². The van der Waals surface area contributed by atoms with Gasteiger partial charge in [0.1, 0.15) is 11.1 Å². The monoisotopic (exact) mass is 359 g/mol. The molecule has 1 aliphatic heterocycles. The molecular formula is C20H29N3OS. The van der Waals surface area contributed by atoms with Crippen molar-refractivity contribution in [3.8, 4) is 0 Å². The van der Waals surface area contributed by atoms with Gasteiger partial charge in [0.25, 0.3) is 0 Å². The van der Waals surface area contributed by atoms with Crippen molar-refractivity contribution in [2.45, 2.75) is 45.9 Å². The highest BCUT2D eigenvalue weighted by atomic mass is 32.1. The topological polar surface area (TPSA) is 37.4 Å². The Morgan fingerprint density at radius 2 is 2.12 bits per heavy atom. The summed E-state index contributed by atoms with van der Waals surface area (Å²) in [5, 5.41) is 6.80. The molecule has 2 aromatic rings. The van der Waals surface area contributed by atoms with E-state index in [0.29, 0.717) is 6.04 Å². The van der Waals surface area contributed by atoms with Gasteiger partial charge in [-0.2, -0.15) is 0 Å². The molecule has 1 fully saturated rings. The predicted molar refractivity (Wildman–Crippen MR) is 104 cm³/mol. The molecule has 136 valence electrons. The van der Waals surface area contributed by atoms with Gasteiger partial charge in [-0.05, 0) is 31.4 Å². The Hall–Kier alpha value is -1.27. The minimum Gasteiger partial charge on any atom is -0.372 e. The molecule has 2 heterocycles. The fourth-order valence-corrected chi connectivity index (χ4v) is 4.16. The minimum absolute atomic E-state index is 0.0872. The Labute approximate surface area is 155 Å². The number of aryl methyl sites for hydroxylation is 1. The number of hydrogen-bond acceptors (Lipinski definition) is 5. The summed E-state index contributed by atoms with van der Waals surface area (Å²) in [5.41, 5.74) is 3.94. The number of rotatable bonds is 7. The molecule has 1 aromatic heterocycles. The van der Waals surface area contributed by atoms with Crippen LogP contribution in [0.4, 0.5) is 0 Å². The van der Waals surface area contributed by atoms with Crippen molar-refractivity contribution in [1.82, 2.24) is 15.2 Å². The molecule has 4 nitrogen and oxygen atoms in total. The van der Waals surface area contributed by atoms with E-state index in [1.807, 2.05) is 6.92 Å². The minimum atomic E-state index is 0.0872. The molecular weight excluding hydrogens is 330 g/mol. The highest BCUT2D eigenvalue weighted by molar-refractivity contribution is 7.09. The van der Waals surface area contributed by atoms with Crippen LogP contribution in [0.5, 0.6) is 0 Å². The molecule has 0 bridgehead atoms. The first-order valence-electron chi connectivity index (χ1n) is 9.30. The SMILES string of the molecule is CCOC(C)c1nc(CN2CCNCC2c2ccc(CC)cc2)cs1. The van der Waals surface area contributed by atoms with Gasteiger partial charge in [0, 0.05) is 44.2 Å². The Morgan fingerprint density at radius 3 is 2.84 bits per heavy atom.